The van der Waals surface area contributed by atoms with Crippen LogP contribution in [0.2, 0.25) is 0 Å². The summed E-state index contributed by atoms with van der Waals surface area (Å²) in [6, 6.07) is -1.20. The van der Waals surface area contributed by atoms with Gasteiger partial charge in [-0.25, -0.2) is 0 Å². The van der Waals surface area contributed by atoms with Gasteiger partial charge in [0, 0.05) is 6.42 Å². The number of carbonyl (C=O) groups is 2. The maximum atomic E-state index is 11.1. The molecular weight excluding hydrogens is 186 g/mol. The first-order chi connectivity index (χ1) is 6.49. The number of rotatable bonds is 6. The zero-order valence-corrected chi connectivity index (χ0v) is 8.01. The molecule has 4 N–H and O–H groups in total. The number of ketones is 1. The highest BCUT2D eigenvalue weighted by atomic mass is 16.4. The molecule has 0 heterocycles. The summed E-state index contributed by atoms with van der Waals surface area (Å²) in [4.78, 5) is 21.4. The first-order valence-electron chi connectivity index (χ1n) is 4.35. The number of aliphatic carboxylic acids is 1. The van der Waals surface area contributed by atoms with E-state index in [9.17, 15) is 14.7 Å². The van der Waals surface area contributed by atoms with E-state index < -0.39 is 23.9 Å². The number of nitrogens with two attached hydrogens (primary N) is 1. The van der Waals surface area contributed by atoms with Crippen molar-refractivity contribution < 1.29 is 19.8 Å². The lowest BCUT2D eigenvalue weighted by molar-refractivity contribution is -0.139. The van der Waals surface area contributed by atoms with Gasteiger partial charge < -0.3 is 15.9 Å². The van der Waals surface area contributed by atoms with Crippen molar-refractivity contribution in [2.24, 2.45) is 5.73 Å². The summed E-state index contributed by atoms with van der Waals surface area (Å²) in [5.74, 6) is -1.74. The van der Waals surface area contributed by atoms with E-state index in [0.717, 1.165) is 0 Å². The molecule has 0 saturated heterocycles. The van der Waals surface area contributed by atoms with Crippen LogP contribution in [-0.4, -0.2) is 34.1 Å². The second-order valence-corrected chi connectivity index (χ2v) is 2.91. The Hall–Kier alpha value is -1.20. The van der Waals surface area contributed by atoms with E-state index in [1.165, 1.54) is 6.08 Å². The molecule has 0 aromatic rings. The van der Waals surface area contributed by atoms with E-state index in [4.69, 9.17) is 10.8 Å². The van der Waals surface area contributed by atoms with Gasteiger partial charge in [-0.05, 0) is 12.5 Å². The zero-order chi connectivity index (χ0) is 11.1. The number of hydrogen-bond donors (Lipinski definition) is 3. The lowest BCUT2D eigenvalue weighted by Gasteiger charge is -2.09. The molecule has 0 bridgehead atoms. The molecule has 14 heavy (non-hydrogen) atoms. The van der Waals surface area contributed by atoms with Gasteiger partial charge in [-0.2, -0.15) is 0 Å². The minimum atomic E-state index is -1.33. The minimum Gasteiger partial charge on any atom is -0.480 e. The standard InChI is InChI=1S/C9H15NO4/c1-2-3-4-7(11)8(12)5-6(10)9(13)14/h3-4,6,8,12H,2,5,10H2,1H3,(H,13,14)/t6-,8?/m0/s1. The summed E-state index contributed by atoms with van der Waals surface area (Å²) < 4.78 is 0. The molecule has 80 valence electrons. The van der Waals surface area contributed by atoms with E-state index in [2.05, 4.69) is 0 Å². The molecule has 1 unspecified atom stereocenters. The fourth-order valence-corrected chi connectivity index (χ4v) is 0.803. The molecule has 0 amide bonds. The van der Waals surface area contributed by atoms with E-state index in [1.807, 2.05) is 6.92 Å². The van der Waals surface area contributed by atoms with Crippen LogP contribution in [0.4, 0.5) is 0 Å². The fraction of sp³-hybridized carbons (Fsp3) is 0.556. The van der Waals surface area contributed by atoms with Crippen molar-refractivity contribution in [2.75, 3.05) is 0 Å². The predicted octanol–water partition coefficient (Wildman–Crippen LogP) is -0.315. The third-order valence-corrected chi connectivity index (χ3v) is 1.64. The lowest BCUT2D eigenvalue weighted by atomic mass is 10.1. The largest absolute Gasteiger partial charge is 0.480 e. The summed E-state index contributed by atoms with van der Waals surface area (Å²) in [7, 11) is 0. The smallest absolute Gasteiger partial charge is 0.320 e. The van der Waals surface area contributed by atoms with Crippen molar-refractivity contribution in [2.45, 2.75) is 31.9 Å². The summed E-state index contributed by atoms with van der Waals surface area (Å²) in [5.41, 5.74) is 5.15. The zero-order valence-electron chi connectivity index (χ0n) is 8.01. The van der Waals surface area contributed by atoms with Crippen LogP contribution in [0.3, 0.4) is 0 Å². The highest BCUT2D eigenvalue weighted by Gasteiger charge is 2.20. The van der Waals surface area contributed by atoms with Crippen LogP contribution < -0.4 is 5.73 Å². The van der Waals surface area contributed by atoms with Crippen LogP contribution >= 0.6 is 0 Å². The first kappa shape index (κ1) is 12.8. The Balaban J connectivity index is 4.07. The van der Waals surface area contributed by atoms with E-state index in [-0.39, 0.29) is 6.42 Å². The third kappa shape index (κ3) is 4.74. The monoisotopic (exact) mass is 201 g/mol. The second-order valence-electron chi connectivity index (χ2n) is 2.91. The van der Waals surface area contributed by atoms with Crippen molar-refractivity contribution in [1.29, 1.82) is 0 Å². The maximum absolute atomic E-state index is 11.1. The molecular formula is C9H15NO4. The average molecular weight is 201 g/mol. The highest BCUT2D eigenvalue weighted by molar-refractivity contribution is 5.93. The Labute approximate surface area is 82.2 Å². The van der Waals surface area contributed by atoms with E-state index in [1.54, 1.807) is 6.08 Å². The molecule has 5 nitrogen and oxygen atoms in total. The summed E-state index contributed by atoms with van der Waals surface area (Å²) >= 11 is 0. The van der Waals surface area contributed by atoms with Crippen LogP contribution in [-0.2, 0) is 9.59 Å². The SMILES string of the molecule is CCC=CC(=O)C(O)C[C@H](N)C(=O)O. The van der Waals surface area contributed by atoms with Crippen molar-refractivity contribution in [3.63, 3.8) is 0 Å². The number of carbonyl (C=O) groups excluding carboxylic acids is 1. The van der Waals surface area contributed by atoms with Gasteiger partial charge in [0.15, 0.2) is 5.78 Å². The van der Waals surface area contributed by atoms with Crippen LogP contribution in [0.15, 0.2) is 12.2 Å². The molecule has 0 aromatic heterocycles. The fourth-order valence-electron chi connectivity index (χ4n) is 0.803. The third-order valence-electron chi connectivity index (χ3n) is 1.64. The van der Waals surface area contributed by atoms with Gasteiger partial charge in [0.1, 0.15) is 12.1 Å². The first-order valence-corrected chi connectivity index (χ1v) is 4.35. The van der Waals surface area contributed by atoms with Gasteiger partial charge in [-0.15, -0.1) is 0 Å². The Morgan fingerprint density at radius 1 is 1.50 bits per heavy atom. The Kier molecular flexibility index (Phi) is 5.74. The molecule has 5 heteroatoms. The highest BCUT2D eigenvalue weighted by Crippen LogP contribution is 1.99. The molecule has 0 spiro atoms. The number of carboxylic acid groups (broad SMARTS) is 1. The van der Waals surface area contributed by atoms with E-state index >= 15 is 0 Å². The molecule has 0 radical (unpaired) electrons. The van der Waals surface area contributed by atoms with Crippen molar-refractivity contribution in [1.82, 2.24) is 0 Å². The predicted molar refractivity (Wildman–Crippen MR) is 50.7 cm³/mol. The molecule has 0 aliphatic rings. The Morgan fingerprint density at radius 2 is 2.07 bits per heavy atom. The van der Waals surface area contributed by atoms with Gasteiger partial charge in [-0.1, -0.05) is 13.0 Å². The van der Waals surface area contributed by atoms with Gasteiger partial charge in [0.05, 0.1) is 0 Å². The number of aliphatic hydroxyl groups excluding tert-OH is 1. The van der Waals surface area contributed by atoms with Crippen LogP contribution in [0.1, 0.15) is 19.8 Å². The lowest BCUT2D eigenvalue weighted by Crippen LogP contribution is -2.36. The van der Waals surface area contributed by atoms with Crippen LogP contribution in [0.5, 0.6) is 0 Å². The van der Waals surface area contributed by atoms with Crippen LogP contribution in [0.25, 0.3) is 0 Å². The molecule has 0 aliphatic heterocycles. The van der Waals surface area contributed by atoms with Gasteiger partial charge in [-0.3, -0.25) is 9.59 Å². The minimum absolute atomic E-state index is 0.262. The molecule has 0 aromatic carbocycles. The van der Waals surface area contributed by atoms with Gasteiger partial charge in [0.2, 0.25) is 0 Å². The summed E-state index contributed by atoms with van der Waals surface area (Å²) in [6.07, 6.45) is 1.92. The van der Waals surface area contributed by atoms with Crippen molar-refractivity contribution in [3.05, 3.63) is 12.2 Å². The van der Waals surface area contributed by atoms with Crippen LogP contribution in [0, 0.1) is 0 Å². The number of hydrogen-bond acceptors (Lipinski definition) is 4. The second kappa shape index (κ2) is 6.28. The average Bonchev–Trinajstić information content (AvgIpc) is 2.13. The Bertz CT molecular complexity index is 237. The number of carboxylic acids is 1. The van der Waals surface area contributed by atoms with Gasteiger partial charge >= 0.3 is 5.97 Å². The molecule has 0 saturated carbocycles. The van der Waals surface area contributed by atoms with Gasteiger partial charge in [0.25, 0.3) is 0 Å². The summed E-state index contributed by atoms with van der Waals surface area (Å²) in [6.45, 7) is 1.85. The number of allylic oxidation sites excluding steroid dienone is 1. The number of aliphatic hydroxyl groups is 1. The van der Waals surface area contributed by atoms with Crippen molar-refractivity contribution in [3.8, 4) is 0 Å². The van der Waals surface area contributed by atoms with E-state index in [0.29, 0.717) is 6.42 Å². The maximum Gasteiger partial charge on any atom is 0.320 e. The normalized spacial score (nSPS) is 15.4. The van der Waals surface area contributed by atoms with Crippen molar-refractivity contribution >= 4 is 11.8 Å². The Morgan fingerprint density at radius 3 is 2.50 bits per heavy atom. The summed E-state index contributed by atoms with van der Waals surface area (Å²) in [5, 5.41) is 17.6. The molecule has 0 fully saturated rings. The molecule has 2 atom stereocenters. The molecule has 0 rings (SSSR count). The topological polar surface area (TPSA) is 101 Å². The molecule has 0 aliphatic carbocycles. The quantitative estimate of drug-likeness (QED) is 0.511.